The van der Waals surface area contributed by atoms with Crippen LogP contribution >= 0.6 is 11.6 Å². The molecule has 3 aromatic rings. The molecule has 0 saturated heterocycles. The number of aliphatic hydroxyl groups excluding tert-OH is 1. The maximum absolute atomic E-state index is 13.0. The number of halogens is 4. The van der Waals surface area contributed by atoms with Crippen molar-refractivity contribution >= 4 is 11.6 Å². The van der Waals surface area contributed by atoms with E-state index in [0.29, 0.717) is 29.2 Å². The molecule has 154 valence electrons. The molecule has 0 bridgehead atoms. The number of nitrogens with zero attached hydrogens (tertiary/aromatic N) is 1. The van der Waals surface area contributed by atoms with Gasteiger partial charge in [-0.15, -0.1) is 0 Å². The van der Waals surface area contributed by atoms with Crippen LogP contribution in [-0.4, -0.2) is 11.7 Å². The molecule has 0 saturated carbocycles. The molecule has 0 heterocycles. The van der Waals surface area contributed by atoms with E-state index in [9.17, 15) is 18.4 Å². The Morgan fingerprint density at radius 2 is 1.53 bits per heavy atom. The molecule has 0 radical (unpaired) electrons. The molecule has 0 spiro atoms. The molecule has 0 aromatic heterocycles. The third-order valence-corrected chi connectivity index (χ3v) is 4.42. The van der Waals surface area contributed by atoms with Crippen LogP contribution in [-0.2, 0) is 12.6 Å². The molecule has 3 rings (SSSR count). The van der Waals surface area contributed by atoms with E-state index in [1.54, 1.807) is 30.3 Å². The van der Waals surface area contributed by atoms with Crippen molar-refractivity contribution in [2.24, 2.45) is 0 Å². The molecule has 0 aliphatic rings. The molecular formula is C22H15ClF3NO3. The van der Waals surface area contributed by atoms with Crippen molar-refractivity contribution in [3.05, 3.63) is 82.4 Å². The van der Waals surface area contributed by atoms with Crippen molar-refractivity contribution in [1.29, 1.82) is 5.26 Å². The Balaban J connectivity index is 1.74. The van der Waals surface area contributed by atoms with Gasteiger partial charge in [0.25, 0.3) is 0 Å². The van der Waals surface area contributed by atoms with Crippen LogP contribution in [0.3, 0.4) is 0 Å². The van der Waals surface area contributed by atoms with Crippen LogP contribution in [0, 0.1) is 11.3 Å². The van der Waals surface area contributed by atoms with Gasteiger partial charge in [0.2, 0.25) is 0 Å². The number of hydrogen-bond donors (Lipinski definition) is 1. The lowest BCUT2D eigenvalue weighted by Gasteiger charge is -2.12. The van der Waals surface area contributed by atoms with Gasteiger partial charge in [-0.05, 0) is 66.6 Å². The maximum Gasteiger partial charge on any atom is 0.417 e. The van der Waals surface area contributed by atoms with Gasteiger partial charge in [-0.3, -0.25) is 0 Å². The highest BCUT2D eigenvalue weighted by atomic mass is 35.5. The summed E-state index contributed by atoms with van der Waals surface area (Å²) in [6.45, 7) is -0.0232. The Hall–Kier alpha value is -3.21. The molecule has 4 nitrogen and oxygen atoms in total. The number of benzene rings is 3. The number of rotatable bonds is 6. The smallest absolute Gasteiger partial charge is 0.417 e. The van der Waals surface area contributed by atoms with Crippen LogP contribution in [0.15, 0.2) is 60.7 Å². The molecule has 8 heteroatoms. The first-order chi connectivity index (χ1) is 14.3. The van der Waals surface area contributed by atoms with Gasteiger partial charge in [0.1, 0.15) is 29.1 Å². The average molecular weight is 434 g/mol. The first-order valence-electron chi connectivity index (χ1n) is 8.76. The molecule has 0 amide bonds. The van der Waals surface area contributed by atoms with Crippen LogP contribution in [0.2, 0.25) is 5.02 Å². The highest BCUT2D eigenvalue weighted by molar-refractivity contribution is 6.31. The van der Waals surface area contributed by atoms with Crippen LogP contribution in [0.4, 0.5) is 13.2 Å². The number of alkyl halides is 3. The summed E-state index contributed by atoms with van der Waals surface area (Å²) < 4.78 is 50.1. The van der Waals surface area contributed by atoms with Gasteiger partial charge in [0.15, 0.2) is 0 Å². The Bertz CT molecular complexity index is 1080. The van der Waals surface area contributed by atoms with Crippen molar-refractivity contribution in [1.82, 2.24) is 0 Å². The summed E-state index contributed by atoms with van der Waals surface area (Å²) in [4.78, 5) is 0. The minimum absolute atomic E-state index is 0.00775. The van der Waals surface area contributed by atoms with E-state index < -0.39 is 16.8 Å². The summed E-state index contributed by atoms with van der Waals surface area (Å²) in [5.41, 5.74) is 0.156. The normalized spacial score (nSPS) is 11.1. The Morgan fingerprint density at radius 1 is 0.900 bits per heavy atom. The lowest BCUT2D eigenvalue weighted by Crippen LogP contribution is -2.05. The maximum atomic E-state index is 13.0. The molecule has 1 N–H and O–H groups in total. The lowest BCUT2D eigenvalue weighted by molar-refractivity contribution is -0.137. The highest BCUT2D eigenvalue weighted by Crippen LogP contribution is 2.38. The van der Waals surface area contributed by atoms with E-state index in [0.717, 1.165) is 17.7 Å². The van der Waals surface area contributed by atoms with E-state index in [1.807, 2.05) is 6.07 Å². The molecular weight excluding hydrogens is 419 g/mol. The van der Waals surface area contributed by atoms with Crippen LogP contribution in [0.1, 0.15) is 16.7 Å². The van der Waals surface area contributed by atoms with Crippen molar-refractivity contribution in [3.8, 4) is 29.1 Å². The van der Waals surface area contributed by atoms with Crippen molar-refractivity contribution in [3.63, 3.8) is 0 Å². The Labute approximate surface area is 175 Å². The van der Waals surface area contributed by atoms with Crippen LogP contribution in [0.5, 0.6) is 23.0 Å². The fraction of sp³-hybridized carbons (Fsp3) is 0.136. The molecule has 0 atom stereocenters. The third kappa shape index (κ3) is 5.23. The second-order valence-corrected chi connectivity index (χ2v) is 6.64. The Morgan fingerprint density at radius 3 is 2.13 bits per heavy atom. The fourth-order valence-electron chi connectivity index (χ4n) is 2.66. The van der Waals surface area contributed by atoms with Crippen LogP contribution in [0.25, 0.3) is 0 Å². The minimum atomic E-state index is -4.58. The third-order valence-electron chi connectivity index (χ3n) is 4.10. The molecule has 0 aliphatic heterocycles. The van der Waals surface area contributed by atoms with Crippen molar-refractivity contribution < 1.29 is 27.8 Å². The van der Waals surface area contributed by atoms with E-state index in [-0.39, 0.29) is 12.4 Å². The average Bonchev–Trinajstić information content (AvgIpc) is 2.71. The molecule has 30 heavy (non-hydrogen) atoms. The SMILES string of the molecule is N#Cc1cc(CCO)ccc1Oc1ccc(Oc2ccc(Cl)c(C(F)(F)F)c2)cc1. The van der Waals surface area contributed by atoms with Crippen LogP contribution < -0.4 is 9.47 Å². The van der Waals surface area contributed by atoms with E-state index in [2.05, 4.69) is 0 Å². The largest absolute Gasteiger partial charge is 0.457 e. The summed E-state index contributed by atoms with van der Waals surface area (Å²) in [6.07, 6.45) is -4.15. The summed E-state index contributed by atoms with van der Waals surface area (Å²) >= 11 is 5.61. The lowest BCUT2D eigenvalue weighted by atomic mass is 10.1. The predicted octanol–water partition coefficient (Wildman–Crippen LogP) is 6.35. The standard InChI is InChI=1S/C22H15ClF3NO3/c23-20-7-6-18(12-19(20)22(24,25)26)29-16-2-4-17(5-3-16)30-21-8-1-14(9-10-28)11-15(21)13-27/h1-8,11-12,28H,9-10H2. The predicted molar refractivity (Wildman–Crippen MR) is 105 cm³/mol. The van der Waals surface area contributed by atoms with E-state index in [4.69, 9.17) is 26.2 Å². The van der Waals surface area contributed by atoms with Gasteiger partial charge in [0.05, 0.1) is 16.1 Å². The summed E-state index contributed by atoms with van der Waals surface area (Å²) in [5, 5.41) is 17.9. The molecule has 0 fully saturated rings. The van der Waals surface area contributed by atoms with Gasteiger partial charge in [-0.2, -0.15) is 18.4 Å². The van der Waals surface area contributed by atoms with Gasteiger partial charge >= 0.3 is 6.18 Å². The van der Waals surface area contributed by atoms with Gasteiger partial charge in [-0.25, -0.2) is 0 Å². The first-order valence-corrected chi connectivity index (χ1v) is 9.14. The zero-order valence-corrected chi connectivity index (χ0v) is 16.2. The van der Waals surface area contributed by atoms with Gasteiger partial charge in [-0.1, -0.05) is 17.7 Å². The van der Waals surface area contributed by atoms with E-state index >= 15 is 0 Å². The monoisotopic (exact) mass is 433 g/mol. The molecule has 3 aromatic carbocycles. The van der Waals surface area contributed by atoms with Crippen molar-refractivity contribution in [2.75, 3.05) is 6.61 Å². The van der Waals surface area contributed by atoms with Gasteiger partial charge in [0, 0.05) is 6.61 Å². The fourth-order valence-corrected chi connectivity index (χ4v) is 2.89. The topological polar surface area (TPSA) is 62.5 Å². The summed E-state index contributed by atoms with van der Waals surface area (Å²) in [5.74, 6) is 1.06. The second-order valence-electron chi connectivity index (χ2n) is 6.23. The molecule has 0 aliphatic carbocycles. The Kier molecular flexibility index (Phi) is 6.50. The summed E-state index contributed by atoms with van der Waals surface area (Å²) in [6, 6.07) is 16.6. The number of ether oxygens (including phenoxy) is 2. The number of nitriles is 1. The zero-order chi connectivity index (χ0) is 21.7. The number of aliphatic hydroxyl groups is 1. The number of hydrogen-bond acceptors (Lipinski definition) is 4. The minimum Gasteiger partial charge on any atom is -0.457 e. The first kappa shape index (κ1) is 21.5. The van der Waals surface area contributed by atoms with Gasteiger partial charge < -0.3 is 14.6 Å². The van der Waals surface area contributed by atoms with Crippen molar-refractivity contribution in [2.45, 2.75) is 12.6 Å². The molecule has 0 unspecified atom stereocenters. The quantitative estimate of drug-likeness (QED) is 0.492. The highest BCUT2D eigenvalue weighted by Gasteiger charge is 2.33. The summed E-state index contributed by atoms with van der Waals surface area (Å²) in [7, 11) is 0. The zero-order valence-electron chi connectivity index (χ0n) is 15.4. The second kappa shape index (κ2) is 9.08. The van der Waals surface area contributed by atoms with E-state index in [1.165, 1.54) is 18.2 Å².